The normalized spacial score (nSPS) is 21.0. The summed E-state index contributed by atoms with van der Waals surface area (Å²) < 4.78 is 29.5. The monoisotopic (exact) mass is 537 g/mol. The van der Waals surface area contributed by atoms with Crippen LogP contribution in [0.2, 0.25) is 6.82 Å². The number of benzene rings is 1. The number of carbonyl (C=O) groups is 1. The smallest absolute Gasteiger partial charge is 0.376 e. The molecule has 1 aromatic carbocycles. The lowest BCUT2D eigenvalue weighted by Gasteiger charge is -2.26. The molecule has 11 heteroatoms. The Labute approximate surface area is 184 Å². The van der Waals surface area contributed by atoms with Crippen molar-refractivity contribution in [1.82, 2.24) is 14.8 Å². The summed E-state index contributed by atoms with van der Waals surface area (Å²) in [4.78, 5) is 14.1. The molecule has 1 fully saturated rings. The molecule has 1 heterocycles. The minimum atomic E-state index is -3.75. The molecule has 1 saturated heterocycles. The van der Waals surface area contributed by atoms with Crippen LogP contribution in [0.15, 0.2) is 32.0 Å². The summed E-state index contributed by atoms with van der Waals surface area (Å²) in [6, 6.07) is 4.42. The maximum atomic E-state index is 12.8. The van der Waals surface area contributed by atoms with Gasteiger partial charge in [0.2, 0.25) is 15.9 Å². The van der Waals surface area contributed by atoms with E-state index in [0.717, 1.165) is 0 Å². The van der Waals surface area contributed by atoms with Gasteiger partial charge in [-0.15, -0.1) is 0 Å². The highest BCUT2D eigenvalue weighted by molar-refractivity contribution is 9.11. The van der Waals surface area contributed by atoms with Gasteiger partial charge >= 0.3 is 7.05 Å². The van der Waals surface area contributed by atoms with Crippen molar-refractivity contribution in [2.45, 2.75) is 51.0 Å². The number of amides is 1. The second-order valence-electron chi connectivity index (χ2n) is 8.07. The van der Waals surface area contributed by atoms with Gasteiger partial charge in [0.25, 0.3) is 0 Å². The summed E-state index contributed by atoms with van der Waals surface area (Å²) >= 11 is 6.58. The number of nitrogens with zero attached hydrogens (tertiary/aromatic N) is 1. The molecule has 3 N–H and O–H groups in total. The number of sulfonamides is 1. The Kier molecular flexibility index (Phi) is 7.77. The molecule has 0 bridgehead atoms. The summed E-state index contributed by atoms with van der Waals surface area (Å²) in [5.74, 6) is -0.0832. The summed E-state index contributed by atoms with van der Waals surface area (Å²) in [7, 11) is -4.49. The van der Waals surface area contributed by atoms with Crippen molar-refractivity contribution < 1.29 is 18.2 Å². The van der Waals surface area contributed by atoms with E-state index in [2.05, 4.69) is 41.9 Å². The van der Waals surface area contributed by atoms with Crippen LogP contribution in [-0.4, -0.2) is 56.4 Å². The molecule has 2 rings (SSSR count). The fourth-order valence-electron chi connectivity index (χ4n) is 3.13. The van der Waals surface area contributed by atoms with Crippen LogP contribution >= 0.6 is 31.9 Å². The Morgan fingerprint density at radius 2 is 2.00 bits per heavy atom. The maximum absolute atomic E-state index is 12.8. The van der Waals surface area contributed by atoms with E-state index in [9.17, 15) is 18.2 Å². The molecular formula is C17H26BBr2N3O4S. The van der Waals surface area contributed by atoms with Crippen LogP contribution in [0.25, 0.3) is 0 Å². The molecule has 1 amide bonds. The highest BCUT2D eigenvalue weighted by Crippen LogP contribution is 2.27. The van der Waals surface area contributed by atoms with Gasteiger partial charge in [0.15, 0.2) is 0 Å². The maximum Gasteiger partial charge on any atom is 0.376 e. The second-order valence-corrected chi connectivity index (χ2v) is 11.5. The Hall–Kier alpha value is -0.455. The lowest BCUT2D eigenvalue weighted by Crippen LogP contribution is -2.48. The number of nitrogens with one attached hydrogen (secondary N) is 2. The van der Waals surface area contributed by atoms with Crippen LogP contribution in [0.1, 0.15) is 27.2 Å². The minimum Gasteiger partial charge on any atom is -0.437 e. The van der Waals surface area contributed by atoms with Crippen molar-refractivity contribution in [2.24, 2.45) is 5.41 Å². The van der Waals surface area contributed by atoms with Gasteiger partial charge in [-0.25, -0.2) is 13.1 Å². The lowest BCUT2D eigenvalue weighted by atomic mass is 9.84. The first kappa shape index (κ1) is 23.8. The fraction of sp³-hybridized carbons (Fsp3) is 0.588. The Bertz CT molecular complexity index is 830. The van der Waals surface area contributed by atoms with Gasteiger partial charge in [-0.2, -0.15) is 0 Å². The van der Waals surface area contributed by atoms with E-state index in [-0.39, 0.29) is 22.9 Å². The molecule has 0 radical (unpaired) electrons. The quantitative estimate of drug-likeness (QED) is 0.482. The minimum absolute atomic E-state index is 0.0832. The molecule has 0 unspecified atom stereocenters. The van der Waals surface area contributed by atoms with E-state index in [1.165, 1.54) is 6.07 Å². The van der Waals surface area contributed by atoms with Gasteiger partial charge in [0.1, 0.15) is 0 Å². The molecule has 1 aliphatic heterocycles. The van der Waals surface area contributed by atoms with Crippen molar-refractivity contribution in [3.05, 3.63) is 27.1 Å². The molecule has 28 heavy (non-hydrogen) atoms. The van der Waals surface area contributed by atoms with E-state index < -0.39 is 22.5 Å². The van der Waals surface area contributed by atoms with E-state index >= 15 is 0 Å². The third kappa shape index (κ3) is 6.02. The van der Waals surface area contributed by atoms with Crippen LogP contribution in [0.4, 0.5) is 0 Å². The highest BCUT2D eigenvalue weighted by atomic mass is 79.9. The van der Waals surface area contributed by atoms with Crippen LogP contribution in [0.5, 0.6) is 0 Å². The molecule has 7 nitrogen and oxygen atoms in total. The number of hydrogen-bond acceptors (Lipinski definition) is 5. The number of hydrogen-bond donors (Lipinski definition) is 3. The summed E-state index contributed by atoms with van der Waals surface area (Å²) in [6.45, 7) is 7.83. The summed E-state index contributed by atoms with van der Waals surface area (Å²) in [5.41, 5.74) is -0.512. The van der Waals surface area contributed by atoms with Gasteiger partial charge < -0.3 is 15.2 Å². The first-order valence-electron chi connectivity index (χ1n) is 9.01. The van der Waals surface area contributed by atoms with Crippen LogP contribution < -0.4 is 10.0 Å². The zero-order valence-corrected chi connectivity index (χ0v) is 20.4. The SMILES string of the molecule is CB(O)N1C[C@H](NS(=O)(=O)c2cc(Br)ccc2Br)C[C@@H]1CNC(=O)C(C)(C)C. The molecule has 0 saturated carbocycles. The molecule has 0 aliphatic carbocycles. The Balaban J connectivity index is 2.11. The van der Waals surface area contributed by atoms with E-state index in [1.54, 1.807) is 23.8 Å². The predicted octanol–water partition coefficient (Wildman–Crippen LogP) is 2.21. The molecule has 156 valence electrons. The first-order valence-corrected chi connectivity index (χ1v) is 12.1. The summed E-state index contributed by atoms with van der Waals surface area (Å²) in [6.07, 6.45) is 0.486. The highest BCUT2D eigenvalue weighted by Gasteiger charge is 2.38. The number of rotatable bonds is 6. The van der Waals surface area contributed by atoms with Crippen molar-refractivity contribution in [3.8, 4) is 0 Å². The zero-order valence-electron chi connectivity index (χ0n) is 16.4. The Morgan fingerprint density at radius 3 is 2.57 bits per heavy atom. The van der Waals surface area contributed by atoms with Crippen molar-refractivity contribution in [3.63, 3.8) is 0 Å². The predicted molar refractivity (Wildman–Crippen MR) is 117 cm³/mol. The third-order valence-electron chi connectivity index (χ3n) is 4.62. The standard InChI is InChI=1S/C17H26BBr2N3O4S/c1-17(2,3)16(24)21-9-13-8-12(10-23(13)18(4)25)22-28(26,27)15-7-11(19)5-6-14(15)20/h5-7,12-13,22,25H,8-10H2,1-4H3,(H,21,24)/t12-,13-/m1/s1. The third-order valence-corrected chi connectivity index (χ3v) is 7.63. The van der Waals surface area contributed by atoms with Crippen LogP contribution in [-0.2, 0) is 14.8 Å². The Morgan fingerprint density at radius 1 is 1.36 bits per heavy atom. The van der Waals surface area contributed by atoms with Crippen LogP contribution in [0.3, 0.4) is 0 Å². The fourth-order valence-corrected chi connectivity index (χ4v) is 5.87. The van der Waals surface area contributed by atoms with E-state index in [1.807, 2.05) is 20.8 Å². The summed E-state index contributed by atoms with van der Waals surface area (Å²) in [5, 5.41) is 13.0. The second kappa shape index (κ2) is 9.14. The molecule has 1 aliphatic rings. The topological polar surface area (TPSA) is 98.7 Å². The van der Waals surface area contributed by atoms with Gasteiger partial charge in [0, 0.05) is 39.5 Å². The number of halogens is 2. The van der Waals surface area contributed by atoms with Gasteiger partial charge in [-0.05, 0) is 47.4 Å². The molecule has 0 aromatic heterocycles. The molecule has 2 atom stereocenters. The first-order chi connectivity index (χ1) is 12.8. The average Bonchev–Trinajstić information content (AvgIpc) is 2.96. The van der Waals surface area contributed by atoms with Gasteiger partial charge in [-0.1, -0.05) is 36.7 Å². The van der Waals surface area contributed by atoms with Gasteiger partial charge in [0.05, 0.1) is 4.90 Å². The van der Waals surface area contributed by atoms with Crippen molar-refractivity contribution in [1.29, 1.82) is 0 Å². The van der Waals surface area contributed by atoms with Crippen molar-refractivity contribution in [2.75, 3.05) is 13.1 Å². The zero-order chi connectivity index (χ0) is 21.3. The number of carbonyl (C=O) groups excluding carboxylic acids is 1. The largest absolute Gasteiger partial charge is 0.437 e. The van der Waals surface area contributed by atoms with E-state index in [0.29, 0.717) is 28.5 Å². The van der Waals surface area contributed by atoms with Crippen LogP contribution in [0, 0.1) is 5.41 Å². The van der Waals surface area contributed by atoms with Crippen molar-refractivity contribution >= 4 is 54.8 Å². The molecule has 1 aromatic rings. The van der Waals surface area contributed by atoms with E-state index in [4.69, 9.17) is 0 Å². The lowest BCUT2D eigenvalue weighted by molar-refractivity contribution is -0.128. The molecule has 0 spiro atoms. The molecular weight excluding hydrogens is 513 g/mol. The van der Waals surface area contributed by atoms with Gasteiger partial charge in [-0.3, -0.25) is 4.79 Å². The average molecular weight is 539 g/mol.